The molecular formula is C8H10ClN3O3S2. The number of rotatable bonds is 2. The first-order chi connectivity index (χ1) is 7.89. The summed E-state index contributed by atoms with van der Waals surface area (Å²) in [6.45, 7) is 0. The molecule has 1 amide bonds. The Morgan fingerprint density at radius 3 is 2.71 bits per heavy atom. The maximum Gasteiger partial charge on any atom is 0.284 e. The molecule has 1 aliphatic rings. The molecule has 0 bridgehead atoms. The van der Waals surface area contributed by atoms with Crippen LogP contribution in [0.2, 0.25) is 4.47 Å². The van der Waals surface area contributed by atoms with E-state index in [0.717, 1.165) is 11.3 Å². The van der Waals surface area contributed by atoms with Gasteiger partial charge < -0.3 is 4.90 Å². The summed E-state index contributed by atoms with van der Waals surface area (Å²) in [6.07, 6.45) is 0.469. The second-order valence-electron chi connectivity index (χ2n) is 3.83. The summed E-state index contributed by atoms with van der Waals surface area (Å²) in [4.78, 5) is 13.3. The zero-order valence-electron chi connectivity index (χ0n) is 8.96. The van der Waals surface area contributed by atoms with E-state index in [1.54, 1.807) is 7.05 Å². The lowest BCUT2D eigenvalue weighted by atomic mass is 10.2. The van der Waals surface area contributed by atoms with Crippen molar-refractivity contribution in [3.8, 4) is 0 Å². The van der Waals surface area contributed by atoms with Crippen LogP contribution in [0.15, 0.2) is 0 Å². The van der Waals surface area contributed by atoms with Crippen LogP contribution in [0.3, 0.4) is 0 Å². The lowest BCUT2D eigenvalue weighted by Crippen LogP contribution is -2.37. The minimum absolute atomic E-state index is 0.0157. The van der Waals surface area contributed by atoms with Crippen molar-refractivity contribution < 1.29 is 13.2 Å². The van der Waals surface area contributed by atoms with Gasteiger partial charge in [0.25, 0.3) is 5.91 Å². The van der Waals surface area contributed by atoms with E-state index in [0.29, 0.717) is 6.42 Å². The quantitative estimate of drug-likeness (QED) is 0.791. The zero-order chi connectivity index (χ0) is 12.6. The Bertz CT molecular complexity index is 542. The molecule has 94 valence electrons. The normalized spacial score (nSPS) is 22.6. The van der Waals surface area contributed by atoms with E-state index in [1.165, 1.54) is 4.90 Å². The first kappa shape index (κ1) is 12.7. The van der Waals surface area contributed by atoms with Gasteiger partial charge in [0.15, 0.2) is 9.84 Å². The monoisotopic (exact) mass is 295 g/mol. The molecule has 0 N–H and O–H groups in total. The molecule has 1 atom stereocenters. The van der Waals surface area contributed by atoms with Gasteiger partial charge in [-0.25, -0.2) is 8.42 Å². The van der Waals surface area contributed by atoms with E-state index in [-0.39, 0.29) is 32.9 Å². The van der Waals surface area contributed by atoms with Crippen LogP contribution in [0.5, 0.6) is 0 Å². The molecule has 6 nitrogen and oxygen atoms in total. The molecule has 0 spiro atoms. The third-order valence-corrected chi connectivity index (χ3v) is 5.42. The first-order valence-corrected chi connectivity index (χ1v) is 7.87. The zero-order valence-corrected chi connectivity index (χ0v) is 11.3. The van der Waals surface area contributed by atoms with Crippen LogP contribution in [0, 0.1) is 0 Å². The lowest BCUT2D eigenvalue weighted by Gasteiger charge is -2.21. The van der Waals surface area contributed by atoms with E-state index < -0.39 is 9.84 Å². The number of sulfone groups is 1. The van der Waals surface area contributed by atoms with Gasteiger partial charge >= 0.3 is 0 Å². The Kier molecular flexibility index (Phi) is 3.37. The van der Waals surface area contributed by atoms with Crippen LogP contribution in [-0.4, -0.2) is 54.0 Å². The molecule has 1 aliphatic heterocycles. The summed E-state index contributed by atoms with van der Waals surface area (Å²) in [7, 11) is -1.43. The van der Waals surface area contributed by atoms with Gasteiger partial charge in [-0.05, 0) is 18.0 Å². The standard InChI is InChI=1S/C8H10ClN3O3S2/c1-12(5-2-3-17(14,15)4-5)7(13)6-10-11-8(9)16-6/h5H,2-4H2,1H3. The van der Waals surface area contributed by atoms with Crippen molar-refractivity contribution in [2.45, 2.75) is 12.5 Å². The van der Waals surface area contributed by atoms with Gasteiger partial charge in [-0.3, -0.25) is 4.79 Å². The summed E-state index contributed by atoms with van der Waals surface area (Å²) in [6, 6.07) is -0.282. The van der Waals surface area contributed by atoms with Crippen LogP contribution in [-0.2, 0) is 9.84 Å². The molecule has 1 aromatic heterocycles. The molecule has 9 heteroatoms. The Hall–Kier alpha value is -0.730. The molecule has 0 saturated carbocycles. The predicted octanol–water partition coefficient (Wildman–Crippen LogP) is 0.451. The van der Waals surface area contributed by atoms with E-state index in [2.05, 4.69) is 10.2 Å². The molecule has 2 heterocycles. The first-order valence-electron chi connectivity index (χ1n) is 4.85. The highest BCUT2D eigenvalue weighted by Crippen LogP contribution is 2.21. The molecule has 17 heavy (non-hydrogen) atoms. The maximum absolute atomic E-state index is 11.9. The molecule has 1 fully saturated rings. The summed E-state index contributed by atoms with van der Waals surface area (Å²) >= 11 is 6.58. The van der Waals surface area contributed by atoms with Crippen LogP contribution in [0.25, 0.3) is 0 Å². The average Bonchev–Trinajstić information content (AvgIpc) is 2.82. The highest BCUT2D eigenvalue weighted by atomic mass is 35.5. The molecule has 1 aromatic rings. The second-order valence-corrected chi connectivity index (χ2v) is 7.62. The van der Waals surface area contributed by atoms with Gasteiger partial charge in [0.05, 0.1) is 11.5 Å². The van der Waals surface area contributed by atoms with Gasteiger partial charge in [0.2, 0.25) is 9.47 Å². The van der Waals surface area contributed by atoms with Crippen molar-refractivity contribution in [3.05, 3.63) is 9.47 Å². The van der Waals surface area contributed by atoms with Crippen LogP contribution < -0.4 is 0 Å². The average molecular weight is 296 g/mol. The summed E-state index contributed by atoms with van der Waals surface area (Å²) in [5.74, 6) is -0.190. The van der Waals surface area contributed by atoms with Crippen molar-refractivity contribution in [3.63, 3.8) is 0 Å². The fourth-order valence-electron chi connectivity index (χ4n) is 1.69. The number of carbonyl (C=O) groups is 1. The Morgan fingerprint density at radius 1 is 1.53 bits per heavy atom. The minimum Gasteiger partial charge on any atom is -0.336 e. The Balaban J connectivity index is 2.11. The molecule has 0 aliphatic carbocycles. The number of carbonyl (C=O) groups excluding carboxylic acids is 1. The van der Waals surface area contributed by atoms with Crippen molar-refractivity contribution >= 4 is 38.7 Å². The smallest absolute Gasteiger partial charge is 0.284 e. The number of halogens is 1. The second kappa shape index (κ2) is 4.51. The Labute approximate surface area is 108 Å². The summed E-state index contributed by atoms with van der Waals surface area (Å²) in [5, 5.41) is 7.37. The third kappa shape index (κ3) is 2.75. The molecular weight excluding hydrogens is 286 g/mol. The summed E-state index contributed by atoms with van der Waals surface area (Å²) < 4.78 is 22.8. The van der Waals surface area contributed by atoms with Crippen molar-refractivity contribution in [2.75, 3.05) is 18.6 Å². The van der Waals surface area contributed by atoms with E-state index in [9.17, 15) is 13.2 Å². The van der Waals surface area contributed by atoms with E-state index >= 15 is 0 Å². The molecule has 1 saturated heterocycles. The van der Waals surface area contributed by atoms with Crippen molar-refractivity contribution in [2.24, 2.45) is 0 Å². The van der Waals surface area contributed by atoms with Gasteiger partial charge in [-0.1, -0.05) is 11.3 Å². The maximum atomic E-state index is 11.9. The Morgan fingerprint density at radius 2 is 2.24 bits per heavy atom. The third-order valence-electron chi connectivity index (χ3n) is 2.66. The number of amides is 1. The highest BCUT2D eigenvalue weighted by molar-refractivity contribution is 7.91. The lowest BCUT2D eigenvalue weighted by molar-refractivity contribution is 0.0746. The van der Waals surface area contributed by atoms with Gasteiger partial charge in [0.1, 0.15) is 0 Å². The highest BCUT2D eigenvalue weighted by Gasteiger charge is 2.33. The van der Waals surface area contributed by atoms with Crippen LogP contribution in [0.4, 0.5) is 0 Å². The van der Waals surface area contributed by atoms with Crippen LogP contribution >= 0.6 is 22.9 Å². The van der Waals surface area contributed by atoms with Crippen LogP contribution in [0.1, 0.15) is 16.2 Å². The SMILES string of the molecule is CN(C(=O)c1nnc(Cl)s1)C1CCS(=O)(=O)C1. The number of hydrogen-bond acceptors (Lipinski definition) is 6. The number of aromatic nitrogens is 2. The van der Waals surface area contributed by atoms with Crippen molar-refractivity contribution in [1.82, 2.24) is 15.1 Å². The molecule has 2 rings (SSSR count). The van der Waals surface area contributed by atoms with Gasteiger partial charge in [-0.2, -0.15) is 0 Å². The van der Waals surface area contributed by atoms with E-state index in [1.807, 2.05) is 0 Å². The predicted molar refractivity (Wildman–Crippen MR) is 64.1 cm³/mol. The minimum atomic E-state index is -3.00. The fourth-order valence-corrected chi connectivity index (χ4v) is 4.27. The largest absolute Gasteiger partial charge is 0.336 e. The number of hydrogen-bond donors (Lipinski definition) is 0. The number of nitrogens with zero attached hydrogens (tertiary/aromatic N) is 3. The van der Waals surface area contributed by atoms with Gasteiger partial charge in [-0.15, -0.1) is 10.2 Å². The molecule has 0 aromatic carbocycles. The van der Waals surface area contributed by atoms with Crippen molar-refractivity contribution in [1.29, 1.82) is 0 Å². The topological polar surface area (TPSA) is 80.2 Å². The fraction of sp³-hybridized carbons (Fsp3) is 0.625. The molecule has 1 unspecified atom stereocenters. The summed E-state index contributed by atoms with van der Waals surface area (Å²) in [5.41, 5.74) is 0. The molecule has 0 radical (unpaired) electrons. The van der Waals surface area contributed by atoms with Gasteiger partial charge in [0, 0.05) is 13.1 Å². The van der Waals surface area contributed by atoms with E-state index in [4.69, 9.17) is 11.6 Å².